The van der Waals surface area contributed by atoms with Gasteiger partial charge in [-0.3, -0.25) is 0 Å². The summed E-state index contributed by atoms with van der Waals surface area (Å²) in [6, 6.07) is 49.8. The van der Waals surface area contributed by atoms with Gasteiger partial charge in [0.05, 0.1) is 11.4 Å². The zero-order valence-electron chi connectivity index (χ0n) is 30.0. The SMILES string of the molecule is C=C1/C=C\C=C/CC2=C=C(C=Cc3c2oc2c(N(c4ccc(-c5ccccc5)cc4)c4ccc(-c5ccccc5)c5ccccc45)cccc32)C1(C)C. The number of para-hydroxylation sites is 1. The molecule has 9 rings (SSSR count). The average molecular weight is 682 g/mol. The Morgan fingerprint density at radius 1 is 0.604 bits per heavy atom. The van der Waals surface area contributed by atoms with E-state index in [0.29, 0.717) is 6.42 Å². The fraction of sp³-hybridized carbons (Fsp3) is 0.0784. The second-order valence-electron chi connectivity index (χ2n) is 14.3. The Morgan fingerprint density at radius 3 is 2.06 bits per heavy atom. The molecule has 2 bridgehead atoms. The van der Waals surface area contributed by atoms with E-state index in [4.69, 9.17) is 4.42 Å². The summed E-state index contributed by atoms with van der Waals surface area (Å²) in [5, 5.41) is 3.43. The lowest BCUT2D eigenvalue weighted by Crippen LogP contribution is -2.14. The van der Waals surface area contributed by atoms with E-state index >= 15 is 0 Å². The monoisotopic (exact) mass is 681 g/mol. The second kappa shape index (κ2) is 13.2. The Labute approximate surface area is 311 Å². The molecular weight excluding hydrogens is 643 g/mol. The molecule has 0 unspecified atom stereocenters. The molecule has 0 aliphatic heterocycles. The number of furan rings is 1. The van der Waals surface area contributed by atoms with Crippen molar-refractivity contribution in [3.05, 3.63) is 205 Å². The Balaban J connectivity index is 1.28. The molecular formula is C51H39NO. The van der Waals surface area contributed by atoms with Gasteiger partial charge < -0.3 is 9.32 Å². The molecule has 0 N–H and O–H groups in total. The van der Waals surface area contributed by atoms with Crippen LogP contribution in [0, 0.1) is 5.41 Å². The number of rotatable bonds is 5. The van der Waals surface area contributed by atoms with Crippen molar-refractivity contribution in [1.82, 2.24) is 0 Å². The van der Waals surface area contributed by atoms with Crippen LogP contribution in [0.2, 0.25) is 0 Å². The molecule has 2 heteroatoms. The van der Waals surface area contributed by atoms with Gasteiger partial charge in [-0.1, -0.05) is 160 Å². The topological polar surface area (TPSA) is 16.4 Å². The van der Waals surface area contributed by atoms with Gasteiger partial charge >= 0.3 is 0 Å². The zero-order valence-corrected chi connectivity index (χ0v) is 30.0. The highest BCUT2D eigenvalue weighted by Crippen LogP contribution is 2.48. The largest absolute Gasteiger partial charge is 0.453 e. The molecule has 0 radical (unpaired) electrons. The lowest BCUT2D eigenvalue weighted by atomic mass is 9.77. The minimum atomic E-state index is -0.288. The normalized spacial score (nSPS) is 16.0. The van der Waals surface area contributed by atoms with Gasteiger partial charge in [0.15, 0.2) is 5.58 Å². The summed E-state index contributed by atoms with van der Waals surface area (Å²) in [5.41, 5.74) is 16.5. The molecule has 0 saturated carbocycles. The first kappa shape index (κ1) is 32.3. The van der Waals surface area contributed by atoms with Crippen molar-refractivity contribution in [3.8, 4) is 22.3 Å². The Morgan fingerprint density at radius 2 is 1.28 bits per heavy atom. The lowest BCUT2D eigenvalue weighted by molar-refractivity contribution is 0.569. The molecule has 2 aliphatic carbocycles. The van der Waals surface area contributed by atoms with E-state index in [2.05, 4.69) is 207 Å². The fourth-order valence-corrected chi connectivity index (χ4v) is 7.63. The van der Waals surface area contributed by atoms with E-state index in [0.717, 1.165) is 61.5 Å². The van der Waals surface area contributed by atoms with Crippen LogP contribution in [0.1, 0.15) is 31.6 Å². The molecule has 53 heavy (non-hydrogen) atoms. The van der Waals surface area contributed by atoms with E-state index in [1.54, 1.807) is 0 Å². The molecule has 254 valence electrons. The van der Waals surface area contributed by atoms with Crippen LogP contribution in [-0.2, 0) is 0 Å². The standard InChI is InChI=1S/C51H39NO/c1-35-16-7-4-12-21-39-34-40(51(35,2)3)28-31-46-45-24-15-25-48(50(45)53-49(39)46)52(41-29-26-37(27-30-41)36-17-8-5-9-18-36)47-33-32-42(38-19-10-6-11-20-38)43-22-13-14-23-44(43)47/h4-20,22-33H,1,21H2,2-3H3/b12-4-,16-7-. The summed E-state index contributed by atoms with van der Waals surface area (Å²) in [6.07, 6.45) is 13.6. The summed E-state index contributed by atoms with van der Waals surface area (Å²) >= 11 is 0. The smallest absolute Gasteiger partial charge is 0.159 e. The Hall–Kier alpha value is -6.60. The third kappa shape index (κ3) is 5.71. The number of allylic oxidation sites excluding steroid dienone is 7. The number of nitrogens with zero attached hydrogens (tertiary/aromatic N) is 1. The zero-order chi connectivity index (χ0) is 35.9. The highest BCUT2D eigenvalue weighted by molar-refractivity contribution is 6.09. The van der Waals surface area contributed by atoms with E-state index < -0.39 is 0 Å². The van der Waals surface area contributed by atoms with Crippen LogP contribution in [0.25, 0.3) is 55.6 Å². The maximum absolute atomic E-state index is 7.09. The molecule has 0 spiro atoms. The Kier molecular flexibility index (Phi) is 8.04. The van der Waals surface area contributed by atoms with Gasteiger partial charge in [0.25, 0.3) is 0 Å². The van der Waals surface area contributed by atoms with E-state index in [9.17, 15) is 0 Å². The van der Waals surface area contributed by atoms with Gasteiger partial charge in [-0.05, 0) is 69.6 Å². The van der Waals surface area contributed by atoms with Gasteiger partial charge in [0.2, 0.25) is 0 Å². The highest BCUT2D eigenvalue weighted by Gasteiger charge is 2.29. The molecule has 1 heterocycles. The first-order valence-electron chi connectivity index (χ1n) is 18.3. The van der Waals surface area contributed by atoms with E-state index in [1.807, 2.05) is 0 Å². The summed E-state index contributed by atoms with van der Waals surface area (Å²) in [6.45, 7) is 8.84. The van der Waals surface area contributed by atoms with Crippen molar-refractivity contribution >= 4 is 50.5 Å². The third-order valence-corrected chi connectivity index (χ3v) is 10.8. The van der Waals surface area contributed by atoms with Crippen molar-refractivity contribution in [2.24, 2.45) is 5.41 Å². The molecule has 0 atom stereocenters. The van der Waals surface area contributed by atoms with Gasteiger partial charge in [-0.15, -0.1) is 5.73 Å². The van der Waals surface area contributed by atoms with Gasteiger partial charge in [-0.25, -0.2) is 0 Å². The summed E-state index contributed by atoms with van der Waals surface area (Å²) in [4.78, 5) is 2.36. The van der Waals surface area contributed by atoms with Gasteiger partial charge in [-0.2, -0.15) is 0 Å². The van der Waals surface area contributed by atoms with Crippen molar-refractivity contribution in [2.45, 2.75) is 20.3 Å². The quantitative estimate of drug-likeness (QED) is 0.168. The molecule has 0 amide bonds. The first-order valence-corrected chi connectivity index (χ1v) is 18.3. The van der Waals surface area contributed by atoms with E-state index in [-0.39, 0.29) is 5.41 Å². The minimum absolute atomic E-state index is 0.288. The minimum Gasteiger partial charge on any atom is -0.453 e. The number of hydrogen-bond donors (Lipinski definition) is 0. The first-order chi connectivity index (χ1) is 26.0. The maximum Gasteiger partial charge on any atom is 0.159 e. The van der Waals surface area contributed by atoms with E-state index in [1.165, 1.54) is 27.6 Å². The molecule has 2 aliphatic rings. The van der Waals surface area contributed by atoms with Crippen LogP contribution in [-0.4, -0.2) is 0 Å². The Bertz CT molecular complexity index is 2690. The van der Waals surface area contributed by atoms with Crippen LogP contribution in [0.15, 0.2) is 198 Å². The molecule has 0 saturated heterocycles. The van der Waals surface area contributed by atoms with Crippen molar-refractivity contribution in [3.63, 3.8) is 0 Å². The number of fused-ring (bicyclic) bond motifs is 5. The number of hydrogen-bond acceptors (Lipinski definition) is 2. The third-order valence-electron chi connectivity index (χ3n) is 10.8. The van der Waals surface area contributed by atoms with Crippen molar-refractivity contribution in [2.75, 3.05) is 4.90 Å². The fourth-order valence-electron chi connectivity index (χ4n) is 7.63. The van der Waals surface area contributed by atoms with Crippen molar-refractivity contribution in [1.29, 1.82) is 0 Å². The number of anilines is 3. The van der Waals surface area contributed by atoms with Gasteiger partial charge in [0.1, 0.15) is 5.76 Å². The molecule has 1 aromatic heterocycles. The lowest BCUT2D eigenvalue weighted by Gasteiger charge is -2.28. The molecule has 2 nitrogen and oxygen atoms in total. The van der Waals surface area contributed by atoms with Gasteiger partial charge in [0, 0.05) is 45.0 Å². The van der Waals surface area contributed by atoms with Crippen LogP contribution >= 0.6 is 0 Å². The summed E-state index contributed by atoms with van der Waals surface area (Å²) in [7, 11) is 0. The highest BCUT2D eigenvalue weighted by atomic mass is 16.3. The average Bonchev–Trinajstić information content (AvgIpc) is 3.48. The molecule has 0 fully saturated rings. The second-order valence-corrected chi connectivity index (χ2v) is 14.3. The predicted octanol–water partition coefficient (Wildman–Crippen LogP) is 14.4. The summed E-state index contributed by atoms with van der Waals surface area (Å²) in [5.74, 6) is 0.859. The van der Waals surface area contributed by atoms with Crippen LogP contribution < -0.4 is 4.90 Å². The molecule has 6 aromatic carbocycles. The summed E-state index contributed by atoms with van der Waals surface area (Å²) < 4.78 is 7.09. The molecule has 7 aromatic rings. The van der Waals surface area contributed by atoms with Crippen LogP contribution in [0.4, 0.5) is 17.1 Å². The van der Waals surface area contributed by atoms with Crippen LogP contribution in [0.5, 0.6) is 0 Å². The van der Waals surface area contributed by atoms with Crippen molar-refractivity contribution < 1.29 is 4.42 Å². The van der Waals surface area contributed by atoms with Crippen LogP contribution in [0.3, 0.4) is 0 Å². The number of benzene rings is 6. The maximum atomic E-state index is 7.09. The predicted molar refractivity (Wildman–Crippen MR) is 225 cm³/mol.